The number of halogens is 1. The average molecular weight is 267 g/mol. The summed E-state index contributed by atoms with van der Waals surface area (Å²) in [6.07, 6.45) is 1.74. The molecule has 1 heterocycles. The number of hydrogen-bond donors (Lipinski definition) is 1. The number of rotatable bonds is 5. The lowest BCUT2D eigenvalue weighted by molar-refractivity contribution is 0.225. The van der Waals surface area contributed by atoms with Crippen molar-refractivity contribution in [1.82, 2.24) is 0 Å². The third-order valence-electron chi connectivity index (χ3n) is 2.79. The van der Waals surface area contributed by atoms with E-state index < -0.39 is 0 Å². The second-order valence-electron chi connectivity index (χ2n) is 4.13. The van der Waals surface area contributed by atoms with Gasteiger partial charge in [-0.2, -0.15) is 0 Å². The van der Waals surface area contributed by atoms with Crippen molar-refractivity contribution in [3.63, 3.8) is 0 Å². The lowest BCUT2D eigenvalue weighted by Crippen LogP contribution is -2.12. The summed E-state index contributed by atoms with van der Waals surface area (Å²) in [6.45, 7) is 0.198. The molecular weight excluding hydrogens is 252 g/mol. The Bertz CT molecular complexity index is 453. The molecule has 0 spiro atoms. The molecule has 3 heteroatoms. The minimum atomic E-state index is 0.198. The highest BCUT2D eigenvalue weighted by molar-refractivity contribution is 7.09. The standard InChI is InChI=1S/C14H15ClOS/c15-14-6-2-1-4-12(14)8-11(10-16)9-13-5-3-7-17-13/h1-7,11,16H,8-10H2. The van der Waals surface area contributed by atoms with Crippen molar-refractivity contribution in [3.8, 4) is 0 Å². The maximum atomic E-state index is 9.44. The monoisotopic (exact) mass is 266 g/mol. The van der Waals surface area contributed by atoms with Crippen molar-refractivity contribution in [2.75, 3.05) is 6.61 Å². The van der Waals surface area contributed by atoms with Gasteiger partial charge in [0.2, 0.25) is 0 Å². The topological polar surface area (TPSA) is 20.2 Å². The molecule has 1 N–H and O–H groups in total. The van der Waals surface area contributed by atoms with Crippen molar-refractivity contribution in [1.29, 1.82) is 0 Å². The van der Waals surface area contributed by atoms with E-state index in [1.807, 2.05) is 30.3 Å². The van der Waals surface area contributed by atoms with Crippen molar-refractivity contribution >= 4 is 22.9 Å². The minimum absolute atomic E-state index is 0.198. The Hall–Kier alpha value is -0.830. The quantitative estimate of drug-likeness (QED) is 0.873. The summed E-state index contributed by atoms with van der Waals surface area (Å²) in [6, 6.07) is 12.0. The molecule has 17 heavy (non-hydrogen) atoms. The van der Waals surface area contributed by atoms with Crippen LogP contribution in [-0.2, 0) is 12.8 Å². The molecule has 1 aromatic carbocycles. The molecule has 0 aliphatic carbocycles. The second kappa shape index (κ2) is 6.20. The van der Waals surface area contributed by atoms with Gasteiger partial charge in [0.1, 0.15) is 0 Å². The lowest BCUT2D eigenvalue weighted by Gasteiger charge is -2.14. The molecule has 1 atom stereocenters. The zero-order valence-corrected chi connectivity index (χ0v) is 11.0. The average Bonchev–Trinajstić information content (AvgIpc) is 2.84. The minimum Gasteiger partial charge on any atom is -0.396 e. The van der Waals surface area contributed by atoms with Crippen LogP contribution in [0.5, 0.6) is 0 Å². The van der Waals surface area contributed by atoms with Gasteiger partial charge in [-0.3, -0.25) is 0 Å². The van der Waals surface area contributed by atoms with Crippen LogP contribution < -0.4 is 0 Å². The summed E-state index contributed by atoms with van der Waals surface area (Å²) in [4.78, 5) is 1.32. The van der Waals surface area contributed by atoms with Gasteiger partial charge in [-0.05, 0) is 41.8 Å². The molecule has 0 bridgehead atoms. The van der Waals surface area contributed by atoms with Crippen LogP contribution >= 0.6 is 22.9 Å². The van der Waals surface area contributed by atoms with E-state index in [9.17, 15) is 5.11 Å². The Morgan fingerprint density at radius 2 is 1.94 bits per heavy atom. The molecule has 0 radical (unpaired) electrons. The van der Waals surface area contributed by atoms with Crippen LogP contribution in [0.4, 0.5) is 0 Å². The molecule has 90 valence electrons. The Kier molecular flexibility index (Phi) is 4.60. The fourth-order valence-electron chi connectivity index (χ4n) is 1.89. The van der Waals surface area contributed by atoms with E-state index >= 15 is 0 Å². The van der Waals surface area contributed by atoms with Crippen LogP contribution in [0.25, 0.3) is 0 Å². The molecule has 0 aliphatic rings. The van der Waals surface area contributed by atoms with E-state index in [1.54, 1.807) is 11.3 Å². The molecule has 0 aliphatic heterocycles. The van der Waals surface area contributed by atoms with Gasteiger partial charge in [-0.25, -0.2) is 0 Å². The lowest BCUT2D eigenvalue weighted by atomic mass is 9.96. The van der Waals surface area contributed by atoms with E-state index in [1.165, 1.54) is 4.88 Å². The number of aliphatic hydroxyl groups is 1. The van der Waals surface area contributed by atoms with Crippen molar-refractivity contribution in [3.05, 3.63) is 57.2 Å². The Labute approximate surface area is 111 Å². The fourth-order valence-corrected chi connectivity index (χ4v) is 2.92. The predicted molar refractivity (Wildman–Crippen MR) is 73.8 cm³/mol. The van der Waals surface area contributed by atoms with Crippen LogP contribution in [-0.4, -0.2) is 11.7 Å². The maximum Gasteiger partial charge on any atom is 0.0465 e. The second-order valence-corrected chi connectivity index (χ2v) is 5.57. The number of aliphatic hydroxyl groups excluding tert-OH is 1. The van der Waals surface area contributed by atoms with E-state index in [4.69, 9.17) is 11.6 Å². The Balaban J connectivity index is 2.03. The highest BCUT2D eigenvalue weighted by Gasteiger charge is 2.12. The molecule has 1 aromatic heterocycles. The SMILES string of the molecule is OCC(Cc1cccs1)Cc1ccccc1Cl. The van der Waals surface area contributed by atoms with Crippen LogP contribution in [0, 0.1) is 5.92 Å². The normalized spacial score (nSPS) is 12.6. The van der Waals surface area contributed by atoms with Gasteiger partial charge in [-0.1, -0.05) is 35.9 Å². The third kappa shape index (κ3) is 3.56. The van der Waals surface area contributed by atoms with Gasteiger partial charge in [0.25, 0.3) is 0 Å². The summed E-state index contributed by atoms with van der Waals surface area (Å²) >= 11 is 7.87. The fraction of sp³-hybridized carbons (Fsp3) is 0.286. The first-order chi connectivity index (χ1) is 8.29. The molecule has 0 saturated carbocycles. The molecule has 0 amide bonds. The summed E-state index contributed by atoms with van der Waals surface area (Å²) in [5.74, 6) is 0.244. The van der Waals surface area contributed by atoms with Gasteiger partial charge in [0.05, 0.1) is 0 Å². The predicted octanol–water partition coefficient (Wildman–Crippen LogP) is 3.80. The molecule has 2 aromatic rings. The number of hydrogen-bond acceptors (Lipinski definition) is 2. The summed E-state index contributed by atoms with van der Waals surface area (Å²) in [7, 11) is 0. The van der Waals surface area contributed by atoms with Crippen molar-refractivity contribution in [2.45, 2.75) is 12.8 Å². The van der Waals surface area contributed by atoms with Gasteiger partial charge < -0.3 is 5.11 Å². The van der Waals surface area contributed by atoms with E-state index in [2.05, 4.69) is 11.4 Å². The largest absolute Gasteiger partial charge is 0.396 e. The van der Waals surface area contributed by atoms with E-state index in [0.29, 0.717) is 0 Å². The van der Waals surface area contributed by atoms with Crippen LogP contribution in [0.2, 0.25) is 5.02 Å². The molecule has 1 unspecified atom stereocenters. The van der Waals surface area contributed by atoms with Crippen molar-refractivity contribution in [2.24, 2.45) is 5.92 Å². The summed E-state index contributed by atoms with van der Waals surface area (Å²) < 4.78 is 0. The highest BCUT2D eigenvalue weighted by atomic mass is 35.5. The molecule has 1 nitrogen and oxygen atoms in total. The van der Waals surface area contributed by atoms with Gasteiger partial charge in [0.15, 0.2) is 0 Å². The van der Waals surface area contributed by atoms with Crippen LogP contribution in [0.1, 0.15) is 10.4 Å². The summed E-state index contributed by atoms with van der Waals surface area (Å²) in [5.41, 5.74) is 1.12. The van der Waals surface area contributed by atoms with E-state index in [0.717, 1.165) is 23.4 Å². The number of benzene rings is 1. The smallest absolute Gasteiger partial charge is 0.0465 e. The Morgan fingerprint density at radius 1 is 1.12 bits per heavy atom. The van der Waals surface area contributed by atoms with Gasteiger partial charge in [0, 0.05) is 16.5 Å². The highest BCUT2D eigenvalue weighted by Crippen LogP contribution is 2.22. The zero-order valence-electron chi connectivity index (χ0n) is 9.47. The molecule has 0 saturated heterocycles. The first-order valence-corrected chi connectivity index (χ1v) is 6.92. The first kappa shape index (κ1) is 12.6. The Morgan fingerprint density at radius 3 is 2.59 bits per heavy atom. The van der Waals surface area contributed by atoms with Crippen molar-refractivity contribution < 1.29 is 5.11 Å². The zero-order chi connectivity index (χ0) is 12.1. The molecule has 2 rings (SSSR count). The maximum absolute atomic E-state index is 9.44. The molecule has 0 fully saturated rings. The van der Waals surface area contributed by atoms with Crippen LogP contribution in [0.3, 0.4) is 0 Å². The third-order valence-corrected chi connectivity index (χ3v) is 4.06. The summed E-state index contributed by atoms with van der Waals surface area (Å²) in [5, 5.41) is 12.3. The van der Waals surface area contributed by atoms with Gasteiger partial charge in [-0.15, -0.1) is 11.3 Å². The van der Waals surface area contributed by atoms with E-state index in [-0.39, 0.29) is 12.5 Å². The van der Waals surface area contributed by atoms with Gasteiger partial charge >= 0.3 is 0 Å². The first-order valence-electron chi connectivity index (χ1n) is 5.66. The number of thiophene rings is 1. The van der Waals surface area contributed by atoms with Crippen LogP contribution in [0.15, 0.2) is 41.8 Å². The molecular formula is C14H15ClOS.